The van der Waals surface area contributed by atoms with Crippen molar-refractivity contribution in [2.24, 2.45) is 40.4 Å². The van der Waals surface area contributed by atoms with E-state index in [4.69, 9.17) is 4.74 Å². The lowest BCUT2D eigenvalue weighted by molar-refractivity contribution is -0.952. The van der Waals surface area contributed by atoms with Gasteiger partial charge in [-0.25, -0.2) is 0 Å². The minimum atomic E-state index is -0.105. The lowest BCUT2D eigenvalue weighted by Crippen LogP contribution is -2.61. The van der Waals surface area contributed by atoms with Gasteiger partial charge in [-0.3, -0.25) is 14.5 Å². The fourth-order valence-corrected chi connectivity index (χ4v) is 12.8. The predicted octanol–water partition coefficient (Wildman–Crippen LogP) is 7.58. The van der Waals surface area contributed by atoms with Crippen molar-refractivity contribution < 1.29 is 18.8 Å². The van der Waals surface area contributed by atoms with E-state index in [1.165, 1.54) is 90.1 Å². The molecule has 10 atom stereocenters. The zero-order chi connectivity index (χ0) is 30.4. The molecule has 0 aromatic carbocycles. The number of hydrogen-bond donors (Lipinski definition) is 0. The van der Waals surface area contributed by atoms with Crippen LogP contribution in [0.15, 0.2) is 12.7 Å². The van der Waals surface area contributed by atoms with E-state index >= 15 is 0 Å². The molecule has 0 spiro atoms. The number of esters is 1. The average Bonchev–Trinajstić information content (AvgIpc) is 3.32. The van der Waals surface area contributed by atoms with Crippen molar-refractivity contribution in [3.05, 3.63) is 12.7 Å². The third-order valence-electron chi connectivity index (χ3n) is 14.6. The molecule has 43 heavy (non-hydrogen) atoms. The molecule has 5 nitrogen and oxygen atoms in total. The summed E-state index contributed by atoms with van der Waals surface area (Å²) in [5.74, 6) is 3.43. The third kappa shape index (κ3) is 5.49. The molecule has 0 amide bonds. The Morgan fingerprint density at radius 1 is 0.953 bits per heavy atom. The number of carbonyl (C=O) groups excluding carboxylic acids is 2. The number of hydrogen-bond acceptors (Lipinski definition) is 4. The van der Waals surface area contributed by atoms with Gasteiger partial charge in [-0.05, 0) is 131 Å². The van der Waals surface area contributed by atoms with Gasteiger partial charge in [-0.2, -0.15) is 0 Å². The second-order valence-electron chi connectivity index (χ2n) is 16.6. The van der Waals surface area contributed by atoms with Crippen LogP contribution >= 0.6 is 0 Å². The monoisotopic (exact) mass is 595 g/mol. The Balaban J connectivity index is 1.32. The maximum Gasteiger partial charge on any atom is 0.302 e. The van der Waals surface area contributed by atoms with Crippen LogP contribution in [-0.2, 0) is 14.3 Å². The summed E-state index contributed by atoms with van der Waals surface area (Å²) in [5, 5.41) is 0. The largest absolute Gasteiger partial charge is 0.461 e. The summed E-state index contributed by atoms with van der Waals surface area (Å²) in [4.78, 5) is 29.2. The highest BCUT2D eigenvalue weighted by Gasteiger charge is 2.67. The molecule has 6 rings (SSSR count). The molecule has 4 saturated carbocycles. The van der Waals surface area contributed by atoms with Crippen molar-refractivity contribution in [1.82, 2.24) is 4.90 Å². The minimum Gasteiger partial charge on any atom is -0.461 e. The van der Waals surface area contributed by atoms with Gasteiger partial charge in [0.15, 0.2) is 0 Å². The molecule has 0 N–H and O–H groups in total. The van der Waals surface area contributed by atoms with Gasteiger partial charge in [-0.15, -0.1) is 0 Å². The zero-order valence-electron chi connectivity index (χ0n) is 28.2. The maximum atomic E-state index is 14.2. The van der Waals surface area contributed by atoms with E-state index < -0.39 is 0 Å². The molecule has 0 aromatic rings. The summed E-state index contributed by atoms with van der Waals surface area (Å²) in [6.07, 6.45) is 20.3. The molecule has 1 unspecified atom stereocenters. The molecule has 2 saturated heterocycles. The number of fused-ring (bicyclic) bond motifs is 5. The highest BCUT2D eigenvalue weighted by Crippen LogP contribution is 2.69. The lowest BCUT2D eigenvalue weighted by atomic mass is 9.44. The van der Waals surface area contributed by atoms with Crippen LogP contribution in [0.3, 0.4) is 0 Å². The topological polar surface area (TPSA) is 46.6 Å². The first-order valence-corrected chi connectivity index (χ1v) is 18.6. The van der Waals surface area contributed by atoms with Gasteiger partial charge in [-0.1, -0.05) is 33.8 Å². The normalized spacial score (nSPS) is 44.5. The summed E-state index contributed by atoms with van der Waals surface area (Å²) in [6.45, 7) is 19.1. The molecule has 6 fully saturated rings. The van der Waals surface area contributed by atoms with Gasteiger partial charge in [0.2, 0.25) is 0 Å². The Kier molecular flexibility index (Phi) is 9.26. The van der Waals surface area contributed by atoms with Crippen LogP contribution in [0.4, 0.5) is 0 Å². The SMILES string of the molecule is C=CC[N+]1([C@H]2C[C@H]3[C@@H]4CC[C@H]5CC(OC(C)=O)[C@@H](N6CCCCC6)C[C@]5(C)[C@H]4CC[C@]3(C)[C@H]2C(=O)CCC)CCCCC1. The highest BCUT2D eigenvalue weighted by atomic mass is 16.5. The summed E-state index contributed by atoms with van der Waals surface area (Å²) in [5.41, 5.74) is 0.425. The van der Waals surface area contributed by atoms with Crippen LogP contribution in [-0.4, -0.2) is 72.0 Å². The Labute approximate surface area is 263 Å². The Morgan fingerprint density at radius 3 is 2.35 bits per heavy atom. The van der Waals surface area contributed by atoms with Gasteiger partial charge in [0, 0.05) is 25.8 Å². The minimum absolute atomic E-state index is 0.0494. The molecular weight excluding hydrogens is 532 g/mol. The van der Waals surface area contributed by atoms with E-state index in [1.54, 1.807) is 6.92 Å². The first-order chi connectivity index (χ1) is 20.7. The van der Waals surface area contributed by atoms with Gasteiger partial charge >= 0.3 is 5.97 Å². The van der Waals surface area contributed by atoms with Crippen LogP contribution in [0.1, 0.15) is 124 Å². The molecule has 0 aromatic heterocycles. The summed E-state index contributed by atoms with van der Waals surface area (Å²) in [7, 11) is 0. The van der Waals surface area contributed by atoms with Crippen molar-refractivity contribution in [1.29, 1.82) is 0 Å². The number of piperidine rings is 2. The van der Waals surface area contributed by atoms with Crippen LogP contribution in [0, 0.1) is 40.4 Å². The first kappa shape index (κ1) is 31.8. The predicted molar refractivity (Wildman–Crippen MR) is 173 cm³/mol. The van der Waals surface area contributed by atoms with Crippen molar-refractivity contribution in [2.45, 2.75) is 142 Å². The van der Waals surface area contributed by atoms with Gasteiger partial charge < -0.3 is 9.22 Å². The number of ketones is 1. The summed E-state index contributed by atoms with van der Waals surface area (Å²) in [6, 6.07) is 0.833. The smallest absolute Gasteiger partial charge is 0.302 e. The molecule has 2 heterocycles. The Bertz CT molecular complexity index is 1030. The first-order valence-electron chi connectivity index (χ1n) is 18.6. The second-order valence-corrected chi connectivity index (χ2v) is 16.6. The molecule has 5 heteroatoms. The molecule has 4 aliphatic carbocycles. The van der Waals surface area contributed by atoms with E-state index in [0.717, 1.165) is 55.2 Å². The van der Waals surface area contributed by atoms with Crippen molar-refractivity contribution in [3.63, 3.8) is 0 Å². The van der Waals surface area contributed by atoms with Crippen molar-refractivity contribution in [2.75, 3.05) is 32.7 Å². The van der Waals surface area contributed by atoms with Crippen LogP contribution in [0.2, 0.25) is 0 Å². The molecule has 0 bridgehead atoms. The van der Waals surface area contributed by atoms with Crippen LogP contribution in [0.25, 0.3) is 0 Å². The number of quaternary nitrogens is 1. The molecule has 2 aliphatic heterocycles. The van der Waals surface area contributed by atoms with E-state index in [9.17, 15) is 9.59 Å². The van der Waals surface area contributed by atoms with Gasteiger partial charge in [0.1, 0.15) is 11.9 Å². The number of rotatable bonds is 8. The fraction of sp³-hybridized carbons (Fsp3) is 0.895. The number of Topliss-reactive ketones (excluding diaryl/α,β-unsaturated/α-hetero) is 1. The van der Waals surface area contributed by atoms with Gasteiger partial charge in [0.05, 0.1) is 31.6 Å². The average molecular weight is 596 g/mol. The number of ether oxygens (including phenoxy) is 1. The summed E-state index contributed by atoms with van der Waals surface area (Å²) < 4.78 is 7.26. The van der Waals surface area contributed by atoms with E-state index in [2.05, 4.69) is 38.3 Å². The third-order valence-corrected chi connectivity index (χ3v) is 14.6. The highest BCUT2D eigenvalue weighted by molar-refractivity contribution is 5.83. The van der Waals surface area contributed by atoms with E-state index in [0.29, 0.717) is 35.1 Å². The van der Waals surface area contributed by atoms with Crippen LogP contribution in [0.5, 0.6) is 0 Å². The number of likely N-dealkylation sites (tertiary alicyclic amines) is 2. The fourth-order valence-electron chi connectivity index (χ4n) is 12.8. The lowest BCUT2D eigenvalue weighted by Gasteiger charge is -2.62. The number of carbonyl (C=O) groups is 2. The van der Waals surface area contributed by atoms with Gasteiger partial charge in [0.25, 0.3) is 0 Å². The Hall–Kier alpha value is -1.20. The summed E-state index contributed by atoms with van der Waals surface area (Å²) >= 11 is 0. The quantitative estimate of drug-likeness (QED) is 0.165. The van der Waals surface area contributed by atoms with Crippen molar-refractivity contribution in [3.8, 4) is 0 Å². The van der Waals surface area contributed by atoms with E-state index in [-0.39, 0.29) is 23.4 Å². The standard InChI is InChI=1S/C38H63N2O3/c1-6-14-34(42)36-33(40(21-7-2)22-12-9-13-23-40)25-31-29-16-15-28-24-35(43-27(3)41)32(39-19-10-8-11-20-39)26-38(28,5)30(29)17-18-37(31,36)4/h7,28-33,35-36H,2,6,8-26H2,1,3-5H3/q+1/t28-,29+,30-,31-,32-,33-,35?,36+,37-,38-/m0/s1. The molecule has 6 aliphatic rings. The molecular formula is C38H63N2O3+. The Morgan fingerprint density at radius 2 is 1.67 bits per heavy atom. The van der Waals surface area contributed by atoms with E-state index in [1.807, 2.05) is 0 Å². The van der Waals surface area contributed by atoms with Crippen molar-refractivity contribution >= 4 is 11.8 Å². The number of nitrogens with zero attached hydrogens (tertiary/aromatic N) is 2. The second kappa shape index (κ2) is 12.5. The maximum absolute atomic E-state index is 14.2. The zero-order valence-corrected chi connectivity index (χ0v) is 28.2. The molecule has 242 valence electrons. The van der Waals surface area contributed by atoms with Crippen LogP contribution < -0.4 is 0 Å². The molecule has 0 radical (unpaired) electrons.